The molecule has 1 heterocycles. The van der Waals surface area contributed by atoms with Crippen LogP contribution in [0.3, 0.4) is 0 Å². The summed E-state index contributed by atoms with van der Waals surface area (Å²) in [6.45, 7) is 15.3. The van der Waals surface area contributed by atoms with Gasteiger partial charge in [0.05, 0.1) is 6.61 Å². The van der Waals surface area contributed by atoms with Gasteiger partial charge in [-0.3, -0.25) is 4.79 Å². The van der Waals surface area contributed by atoms with Crippen molar-refractivity contribution < 1.29 is 14.3 Å². The Morgan fingerprint density at radius 1 is 1.27 bits per heavy atom. The molecule has 0 saturated carbocycles. The SMILES string of the molecule is CCCO[C@](C)(CC(C)C)C(=O)Nc1ccc(OCCCN2CCC[C@H](C)C2)cc1. The number of amides is 1. The van der Waals surface area contributed by atoms with Crippen LogP contribution in [0.4, 0.5) is 5.69 Å². The maximum Gasteiger partial charge on any atom is 0.256 e. The standard InChI is InChI=1S/C25H42N2O3/c1-6-16-30-25(5,18-20(2)3)24(28)26-22-10-12-23(13-11-22)29-17-8-15-27-14-7-9-21(4)19-27/h10-13,20-21H,6-9,14-19H2,1-5H3,(H,26,28)/t21-,25+/m0/s1. The van der Waals surface area contributed by atoms with Crippen molar-refractivity contribution in [2.24, 2.45) is 11.8 Å². The van der Waals surface area contributed by atoms with Crippen LogP contribution < -0.4 is 10.1 Å². The first-order valence-corrected chi connectivity index (χ1v) is 11.7. The van der Waals surface area contributed by atoms with Gasteiger partial charge in [0, 0.05) is 25.4 Å². The van der Waals surface area contributed by atoms with Crippen molar-refractivity contribution in [3.8, 4) is 5.75 Å². The summed E-state index contributed by atoms with van der Waals surface area (Å²) in [5.74, 6) is 1.94. The summed E-state index contributed by atoms with van der Waals surface area (Å²) in [7, 11) is 0. The number of hydrogen-bond donors (Lipinski definition) is 1. The highest BCUT2D eigenvalue weighted by molar-refractivity contribution is 5.97. The number of hydrogen-bond acceptors (Lipinski definition) is 4. The van der Waals surface area contributed by atoms with Gasteiger partial charge in [-0.25, -0.2) is 0 Å². The first kappa shape index (κ1) is 24.7. The lowest BCUT2D eigenvalue weighted by Gasteiger charge is -2.30. The molecule has 30 heavy (non-hydrogen) atoms. The first-order chi connectivity index (χ1) is 14.3. The largest absolute Gasteiger partial charge is 0.494 e. The van der Waals surface area contributed by atoms with Gasteiger partial charge in [0.1, 0.15) is 11.4 Å². The fourth-order valence-corrected chi connectivity index (χ4v) is 4.19. The maximum atomic E-state index is 12.9. The lowest BCUT2D eigenvalue weighted by Crippen LogP contribution is -2.44. The van der Waals surface area contributed by atoms with E-state index in [2.05, 4.69) is 37.9 Å². The Morgan fingerprint density at radius 2 is 2.00 bits per heavy atom. The summed E-state index contributed by atoms with van der Waals surface area (Å²) in [5.41, 5.74) is -0.0459. The van der Waals surface area contributed by atoms with Crippen molar-refractivity contribution in [3.05, 3.63) is 24.3 Å². The molecule has 1 aliphatic rings. The Balaban J connectivity index is 1.79. The zero-order chi connectivity index (χ0) is 22.0. The molecule has 2 atom stereocenters. The van der Waals surface area contributed by atoms with Crippen molar-refractivity contribution in [1.82, 2.24) is 4.90 Å². The molecule has 0 aliphatic carbocycles. The molecule has 0 unspecified atom stereocenters. The molecule has 1 aromatic carbocycles. The van der Waals surface area contributed by atoms with Crippen LogP contribution in [-0.2, 0) is 9.53 Å². The maximum absolute atomic E-state index is 12.9. The third-order valence-electron chi connectivity index (χ3n) is 5.64. The third kappa shape index (κ3) is 8.27. The molecule has 0 bridgehead atoms. The number of carbonyl (C=O) groups excluding carboxylic acids is 1. The molecule has 170 valence electrons. The van der Waals surface area contributed by atoms with Gasteiger partial charge < -0.3 is 19.7 Å². The summed E-state index contributed by atoms with van der Waals surface area (Å²) >= 11 is 0. The molecular weight excluding hydrogens is 376 g/mol. The smallest absolute Gasteiger partial charge is 0.256 e. The summed E-state index contributed by atoms with van der Waals surface area (Å²) < 4.78 is 11.8. The second-order valence-corrected chi connectivity index (χ2v) is 9.41. The molecular formula is C25H42N2O3. The average Bonchev–Trinajstić information content (AvgIpc) is 2.70. The molecule has 5 heteroatoms. The Labute approximate surface area is 183 Å². The monoisotopic (exact) mass is 418 g/mol. The van der Waals surface area contributed by atoms with Crippen LogP contribution in [0.2, 0.25) is 0 Å². The van der Waals surface area contributed by atoms with E-state index >= 15 is 0 Å². The van der Waals surface area contributed by atoms with Crippen LogP contribution in [0.25, 0.3) is 0 Å². The Kier molecular flexibility index (Phi) is 10.1. The predicted octanol–water partition coefficient (Wildman–Crippen LogP) is 5.36. The third-order valence-corrected chi connectivity index (χ3v) is 5.64. The molecule has 1 N–H and O–H groups in total. The number of benzene rings is 1. The molecule has 0 aromatic heterocycles. The fraction of sp³-hybridized carbons (Fsp3) is 0.720. The summed E-state index contributed by atoms with van der Waals surface area (Å²) in [6.07, 6.45) is 5.29. The van der Waals surface area contributed by atoms with Crippen molar-refractivity contribution in [2.45, 2.75) is 72.3 Å². The van der Waals surface area contributed by atoms with E-state index in [-0.39, 0.29) is 5.91 Å². The van der Waals surface area contributed by atoms with E-state index in [4.69, 9.17) is 9.47 Å². The van der Waals surface area contributed by atoms with Gasteiger partial charge >= 0.3 is 0 Å². The molecule has 0 radical (unpaired) electrons. The van der Waals surface area contributed by atoms with Crippen molar-refractivity contribution in [1.29, 1.82) is 0 Å². The van der Waals surface area contributed by atoms with E-state index in [0.29, 0.717) is 25.6 Å². The van der Waals surface area contributed by atoms with Gasteiger partial charge in [-0.2, -0.15) is 0 Å². The second kappa shape index (κ2) is 12.3. The van der Waals surface area contributed by atoms with E-state index in [9.17, 15) is 4.79 Å². The zero-order valence-electron chi connectivity index (χ0n) is 19.7. The van der Waals surface area contributed by atoms with Crippen LogP contribution in [0.1, 0.15) is 66.7 Å². The molecule has 1 saturated heterocycles. The predicted molar refractivity (Wildman–Crippen MR) is 124 cm³/mol. The Hall–Kier alpha value is -1.59. The van der Waals surface area contributed by atoms with E-state index in [1.165, 1.54) is 25.9 Å². The van der Waals surface area contributed by atoms with Crippen LogP contribution in [0.5, 0.6) is 5.75 Å². The number of ether oxygens (including phenoxy) is 2. The number of anilines is 1. The zero-order valence-corrected chi connectivity index (χ0v) is 19.7. The number of nitrogens with zero attached hydrogens (tertiary/aromatic N) is 1. The normalized spacial score (nSPS) is 19.5. The van der Waals surface area contributed by atoms with Crippen molar-refractivity contribution >= 4 is 11.6 Å². The molecule has 1 aliphatic heterocycles. The van der Waals surface area contributed by atoms with Gasteiger partial charge in [0.15, 0.2) is 0 Å². The van der Waals surface area contributed by atoms with Crippen molar-refractivity contribution in [2.75, 3.05) is 38.2 Å². The topological polar surface area (TPSA) is 50.8 Å². The molecule has 1 fully saturated rings. The van der Waals surface area contributed by atoms with Crippen LogP contribution >= 0.6 is 0 Å². The molecule has 5 nitrogen and oxygen atoms in total. The minimum absolute atomic E-state index is 0.0888. The highest BCUT2D eigenvalue weighted by Crippen LogP contribution is 2.25. The lowest BCUT2D eigenvalue weighted by atomic mass is 9.93. The molecule has 1 aromatic rings. The fourth-order valence-electron chi connectivity index (χ4n) is 4.19. The minimum atomic E-state index is -0.814. The second-order valence-electron chi connectivity index (χ2n) is 9.41. The van der Waals surface area contributed by atoms with E-state index in [1.807, 2.05) is 31.2 Å². The molecule has 2 rings (SSSR count). The average molecular weight is 419 g/mol. The first-order valence-electron chi connectivity index (χ1n) is 11.7. The van der Waals surface area contributed by atoms with Gasteiger partial charge in [-0.05, 0) is 81.7 Å². The van der Waals surface area contributed by atoms with Gasteiger partial charge in [0.2, 0.25) is 0 Å². The molecule has 1 amide bonds. The highest BCUT2D eigenvalue weighted by Gasteiger charge is 2.34. The van der Waals surface area contributed by atoms with Gasteiger partial charge in [-0.15, -0.1) is 0 Å². The minimum Gasteiger partial charge on any atom is -0.494 e. The van der Waals surface area contributed by atoms with E-state index < -0.39 is 5.60 Å². The van der Waals surface area contributed by atoms with Crippen LogP contribution in [0.15, 0.2) is 24.3 Å². The number of piperidine rings is 1. The van der Waals surface area contributed by atoms with Crippen LogP contribution in [0, 0.1) is 11.8 Å². The number of likely N-dealkylation sites (tertiary alicyclic amines) is 1. The number of carbonyl (C=O) groups is 1. The number of rotatable bonds is 12. The Morgan fingerprint density at radius 3 is 2.63 bits per heavy atom. The number of nitrogens with one attached hydrogen (secondary N) is 1. The molecule has 0 spiro atoms. The highest BCUT2D eigenvalue weighted by atomic mass is 16.5. The van der Waals surface area contributed by atoms with Gasteiger partial charge in [-0.1, -0.05) is 27.7 Å². The summed E-state index contributed by atoms with van der Waals surface area (Å²) in [5, 5.41) is 3.01. The summed E-state index contributed by atoms with van der Waals surface area (Å²) in [4.78, 5) is 15.4. The Bertz CT molecular complexity index is 632. The van der Waals surface area contributed by atoms with Crippen molar-refractivity contribution in [3.63, 3.8) is 0 Å². The van der Waals surface area contributed by atoms with E-state index in [0.717, 1.165) is 36.7 Å². The lowest BCUT2D eigenvalue weighted by molar-refractivity contribution is -0.141. The quantitative estimate of drug-likeness (QED) is 0.465. The van der Waals surface area contributed by atoms with Crippen LogP contribution in [-0.4, -0.2) is 49.3 Å². The van der Waals surface area contributed by atoms with E-state index in [1.54, 1.807) is 0 Å². The van der Waals surface area contributed by atoms with Gasteiger partial charge in [0.25, 0.3) is 5.91 Å². The summed E-state index contributed by atoms with van der Waals surface area (Å²) in [6, 6.07) is 7.64.